The summed E-state index contributed by atoms with van der Waals surface area (Å²) in [5, 5.41) is 0. The van der Waals surface area contributed by atoms with E-state index in [1.54, 1.807) is 0 Å². The van der Waals surface area contributed by atoms with E-state index in [4.69, 9.17) is 4.74 Å². The van der Waals surface area contributed by atoms with Crippen LogP contribution in [0.3, 0.4) is 0 Å². The van der Waals surface area contributed by atoms with Crippen molar-refractivity contribution < 1.29 is 9.53 Å². The third kappa shape index (κ3) is 37.1. The lowest BCUT2D eigenvalue weighted by Gasteiger charge is -2.07. The number of esters is 1. The number of rotatable bonds is 36. The van der Waals surface area contributed by atoms with Crippen LogP contribution in [0.2, 0.25) is 0 Å². The third-order valence-corrected chi connectivity index (χ3v) is 9.38. The molecule has 0 radical (unpaired) electrons. The first-order chi connectivity index (χ1) is 21.7. The number of unbranched alkanes of at least 4 members (excludes halogenated alkanes) is 25. The summed E-state index contributed by atoms with van der Waals surface area (Å²) in [6.07, 6.45) is 51.1. The molecule has 0 aliphatic heterocycles. The summed E-state index contributed by atoms with van der Waals surface area (Å²) >= 11 is 0. The van der Waals surface area contributed by atoms with Gasteiger partial charge in [0.25, 0.3) is 0 Å². The molecule has 0 saturated carbocycles. The van der Waals surface area contributed by atoms with E-state index in [9.17, 15) is 4.79 Å². The molecular formula is C42H80O2. The number of ether oxygens (including phenoxy) is 1. The summed E-state index contributed by atoms with van der Waals surface area (Å²) in [6.45, 7) is 7.59. The van der Waals surface area contributed by atoms with Crippen LogP contribution in [0.15, 0.2) is 24.3 Å². The smallest absolute Gasteiger partial charge is 0.305 e. The van der Waals surface area contributed by atoms with Crippen LogP contribution in [-0.4, -0.2) is 12.6 Å². The van der Waals surface area contributed by atoms with Gasteiger partial charge >= 0.3 is 5.97 Å². The first-order valence-electron chi connectivity index (χ1n) is 20.2. The fourth-order valence-electron chi connectivity index (χ4n) is 5.97. The molecule has 0 N–H and O–H groups in total. The lowest BCUT2D eigenvalue weighted by Crippen LogP contribution is -2.05. The van der Waals surface area contributed by atoms with Crippen molar-refractivity contribution in [3.63, 3.8) is 0 Å². The van der Waals surface area contributed by atoms with Crippen LogP contribution in [0.25, 0.3) is 0 Å². The Hall–Kier alpha value is -1.05. The topological polar surface area (TPSA) is 26.3 Å². The van der Waals surface area contributed by atoms with E-state index in [1.165, 1.54) is 173 Å². The van der Waals surface area contributed by atoms with Crippen LogP contribution in [0.5, 0.6) is 0 Å². The maximum Gasteiger partial charge on any atom is 0.305 e. The Labute approximate surface area is 278 Å². The van der Waals surface area contributed by atoms with E-state index < -0.39 is 0 Å². The Bertz CT molecular complexity index is 607. The molecule has 0 heterocycles. The highest BCUT2D eigenvalue weighted by molar-refractivity contribution is 5.69. The van der Waals surface area contributed by atoms with Gasteiger partial charge in [-0.25, -0.2) is 0 Å². The lowest BCUT2D eigenvalue weighted by molar-refractivity contribution is -0.143. The van der Waals surface area contributed by atoms with Crippen molar-refractivity contribution in [3.05, 3.63) is 24.3 Å². The number of carbonyl (C=O) groups excluding carboxylic acids is 1. The van der Waals surface area contributed by atoms with Crippen molar-refractivity contribution in [2.24, 2.45) is 5.92 Å². The second kappa shape index (κ2) is 38.1. The van der Waals surface area contributed by atoms with E-state index in [2.05, 4.69) is 45.1 Å². The van der Waals surface area contributed by atoms with E-state index >= 15 is 0 Å². The van der Waals surface area contributed by atoms with Crippen LogP contribution in [0.1, 0.15) is 226 Å². The van der Waals surface area contributed by atoms with Gasteiger partial charge in [-0.3, -0.25) is 4.79 Å². The molecule has 0 saturated heterocycles. The fraction of sp³-hybridized carbons (Fsp3) is 0.881. The predicted molar refractivity (Wildman–Crippen MR) is 197 cm³/mol. The molecule has 0 aromatic carbocycles. The van der Waals surface area contributed by atoms with Crippen molar-refractivity contribution >= 4 is 5.97 Å². The monoisotopic (exact) mass is 617 g/mol. The Kier molecular flexibility index (Phi) is 37.2. The number of carbonyl (C=O) groups is 1. The normalized spacial score (nSPS) is 12.5. The first kappa shape index (κ1) is 43.0. The minimum Gasteiger partial charge on any atom is -0.466 e. The molecule has 44 heavy (non-hydrogen) atoms. The van der Waals surface area contributed by atoms with E-state index in [0.717, 1.165) is 31.6 Å². The third-order valence-electron chi connectivity index (χ3n) is 9.38. The highest BCUT2D eigenvalue weighted by Crippen LogP contribution is 2.16. The van der Waals surface area contributed by atoms with Gasteiger partial charge in [-0.15, -0.1) is 0 Å². The average Bonchev–Trinajstić information content (AvgIpc) is 3.03. The van der Waals surface area contributed by atoms with E-state index in [1.807, 2.05) is 0 Å². The minimum atomic E-state index is 0.0126. The Morgan fingerprint density at radius 2 is 0.909 bits per heavy atom. The van der Waals surface area contributed by atoms with Crippen molar-refractivity contribution in [2.45, 2.75) is 226 Å². The maximum absolute atomic E-state index is 12.0. The standard InChI is InChI=1S/C42H80O2/c1-4-6-7-8-9-10-11-12-17-21-24-27-30-33-36-39-42(43)44-40-37-34-31-28-25-22-19-16-14-13-15-18-20-23-26-29-32-35-38-41(3)5-2/h9-10,12,17,41H,4-8,11,13-16,18-40H2,1-3H3/b10-9-,17-12-. The summed E-state index contributed by atoms with van der Waals surface area (Å²) in [6, 6.07) is 0. The average molecular weight is 617 g/mol. The quantitative estimate of drug-likeness (QED) is 0.0397. The van der Waals surface area contributed by atoms with Gasteiger partial charge in [-0.05, 0) is 50.9 Å². The molecule has 1 atom stereocenters. The molecule has 0 aromatic rings. The Balaban J connectivity index is 3.21. The van der Waals surface area contributed by atoms with Crippen LogP contribution in [0.4, 0.5) is 0 Å². The molecule has 260 valence electrons. The molecule has 2 nitrogen and oxygen atoms in total. The molecule has 0 aromatic heterocycles. The second-order valence-corrected chi connectivity index (χ2v) is 13.9. The van der Waals surface area contributed by atoms with E-state index in [0.29, 0.717) is 13.0 Å². The Morgan fingerprint density at radius 1 is 0.500 bits per heavy atom. The largest absolute Gasteiger partial charge is 0.466 e. The number of allylic oxidation sites excluding steroid dienone is 4. The fourth-order valence-corrected chi connectivity index (χ4v) is 5.97. The van der Waals surface area contributed by atoms with E-state index in [-0.39, 0.29) is 5.97 Å². The molecule has 0 fully saturated rings. The molecule has 0 aliphatic carbocycles. The van der Waals surface area contributed by atoms with Gasteiger partial charge in [0.15, 0.2) is 0 Å². The van der Waals surface area contributed by atoms with Gasteiger partial charge in [0.2, 0.25) is 0 Å². The highest BCUT2D eigenvalue weighted by atomic mass is 16.5. The summed E-state index contributed by atoms with van der Waals surface area (Å²) in [5.41, 5.74) is 0. The minimum absolute atomic E-state index is 0.0126. The van der Waals surface area contributed by atoms with Gasteiger partial charge < -0.3 is 4.74 Å². The number of hydrogen-bond acceptors (Lipinski definition) is 2. The second-order valence-electron chi connectivity index (χ2n) is 13.9. The zero-order valence-corrected chi connectivity index (χ0v) is 30.5. The molecular weight excluding hydrogens is 536 g/mol. The van der Waals surface area contributed by atoms with Crippen molar-refractivity contribution in [1.82, 2.24) is 0 Å². The van der Waals surface area contributed by atoms with Gasteiger partial charge in [0.05, 0.1) is 6.61 Å². The summed E-state index contributed by atoms with van der Waals surface area (Å²) < 4.78 is 5.45. The summed E-state index contributed by atoms with van der Waals surface area (Å²) in [5.74, 6) is 0.944. The molecule has 0 spiro atoms. The maximum atomic E-state index is 12.0. The number of hydrogen-bond donors (Lipinski definition) is 0. The summed E-state index contributed by atoms with van der Waals surface area (Å²) in [4.78, 5) is 12.0. The van der Waals surface area contributed by atoms with Crippen LogP contribution in [0, 0.1) is 5.92 Å². The van der Waals surface area contributed by atoms with Gasteiger partial charge in [-0.1, -0.05) is 199 Å². The zero-order valence-electron chi connectivity index (χ0n) is 30.5. The summed E-state index contributed by atoms with van der Waals surface area (Å²) in [7, 11) is 0. The van der Waals surface area contributed by atoms with Crippen LogP contribution >= 0.6 is 0 Å². The molecule has 1 unspecified atom stereocenters. The van der Waals surface area contributed by atoms with Crippen LogP contribution < -0.4 is 0 Å². The van der Waals surface area contributed by atoms with Gasteiger partial charge in [0, 0.05) is 6.42 Å². The SMILES string of the molecule is CCCCC/C=C\C/C=C\CCCCCCCC(=O)OCCCCCCCCCCCCCCCCCCCCC(C)CC. The molecule has 0 aliphatic rings. The zero-order chi connectivity index (χ0) is 32.0. The highest BCUT2D eigenvalue weighted by Gasteiger charge is 2.03. The van der Waals surface area contributed by atoms with Crippen LogP contribution in [-0.2, 0) is 9.53 Å². The molecule has 0 rings (SSSR count). The van der Waals surface area contributed by atoms with Crippen molar-refractivity contribution in [1.29, 1.82) is 0 Å². The molecule has 2 heteroatoms. The Morgan fingerprint density at radius 3 is 1.39 bits per heavy atom. The molecule has 0 amide bonds. The lowest BCUT2D eigenvalue weighted by atomic mass is 9.99. The van der Waals surface area contributed by atoms with Gasteiger partial charge in [0.1, 0.15) is 0 Å². The van der Waals surface area contributed by atoms with Crippen molar-refractivity contribution in [2.75, 3.05) is 6.61 Å². The predicted octanol–water partition coefficient (Wildman–Crippen LogP) is 14.8. The molecule has 0 bridgehead atoms. The van der Waals surface area contributed by atoms with Gasteiger partial charge in [-0.2, -0.15) is 0 Å². The first-order valence-corrected chi connectivity index (χ1v) is 20.2. The van der Waals surface area contributed by atoms with Crippen molar-refractivity contribution in [3.8, 4) is 0 Å².